The number of carbonyl (C=O) groups is 1. The Kier molecular flexibility index (Phi) is 4.29. The van der Waals surface area contributed by atoms with E-state index >= 15 is 0 Å². The number of nitrogens with one attached hydrogen (secondary N) is 1. The highest BCUT2D eigenvalue weighted by molar-refractivity contribution is 5.85. The number of hydrogen-bond donors (Lipinski definition) is 3. The second kappa shape index (κ2) is 6.56. The number of fused-ring (bicyclic) bond motifs is 1. The number of amides is 1. The van der Waals surface area contributed by atoms with Gasteiger partial charge >= 0.3 is 6.09 Å². The van der Waals surface area contributed by atoms with Crippen molar-refractivity contribution in [3.05, 3.63) is 30.0 Å². The Balaban J connectivity index is 2.07. The smallest absolute Gasteiger partial charge is 0.409 e. The Morgan fingerprint density at radius 2 is 2.12 bits per heavy atom. The average molecular weight is 340 g/mol. The van der Waals surface area contributed by atoms with Crippen molar-refractivity contribution in [2.45, 2.75) is 13.8 Å². The molecule has 0 fully saturated rings. The molecule has 128 valence electrons. The van der Waals surface area contributed by atoms with Crippen molar-refractivity contribution in [1.82, 2.24) is 19.9 Å². The van der Waals surface area contributed by atoms with Crippen LogP contribution in [0.4, 0.5) is 16.4 Å². The zero-order chi connectivity index (χ0) is 18.0. The molecule has 2 aromatic heterocycles. The molecule has 0 aliphatic heterocycles. The molecule has 3 aromatic rings. The Labute approximate surface area is 142 Å². The predicted octanol–water partition coefficient (Wildman–Crippen LogP) is 2.47. The summed E-state index contributed by atoms with van der Waals surface area (Å²) < 4.78 is 5.47. The molecule has 1 aromatic carbocycles. The number of hydrogen-bond acceptors (Lipinski definition) is 7. The Morgan fingerprint density at radius 1 is 1.32 bits per heavy atom. The quantitative estimate of drug-likeness (QED) is 0.659. The van der Waals surface area contributed by atoms with Gasteiger partial charge in [0.15, 0.2) is 11.2 Å². The number of nitrogen functional groups attached to an aromatic ring is 1. The number of aromatic nitrogens is 4. The van der Waals surface area contributed by atoms with Crippen molar-refractivity contribution in [3.8, 4) is 17.1 Å². The van der Waals surface area contributed by atoms with E-state index in [1.165, 1.54) is 0 Å². The van der Waals surface area contributed by atoms with Gasteiger partial charge in [-0.25, -0.2) is 14.8 Å². The second-order valence-corrected chi connectivity index (χ2v) is 5.21. The van der Waals surface area contributed by atoms with Gasteiger partial charge in [0.25, 0.3) is 0 Å². The first-order chi connectivity index (χ1) is 12.0. The van der Waals surface area contributed by atoms with Crippen molar-refractivity contribution in [2.24, 2.45) is 0 Å². The number of ether oxygens (including phenoxy) is 1. The molecule has 0 saturated heterocycles. The van der Waals surface area contributed by atoms with E-state index in [2.05, 4.69) is 25.3 Å². The number of rotatable bonds is 4. The van der Waals surface area contributed by atoms with Gasteiger partial charge in [0.05, 0.1) is 18.5 Å². The Bertz CT molecular complexity index is 960. The molecule has 9 heteroatoms. The molecule has 2 heterocycles. The van der Waals surface area contributed by atoms with Crippen molar-refractivity contribution in [2.75, 3.05) is 17.7 Å². The molecule has 4 N–H and O–H groups in total. The zero-order valence-electron chi connectivity index (χ0n) is 13.6. The highest BCUT2D eigenvalue weighted by atomic mass is 16.5. The minimum Gasteiger partial charge on any atom is -0.476 e. The SMILES string of the molecule is CCOc1nc(N)nc2ncc(-c3ccc(NC(=O)O)c(C)c3)nc12. The monoisotopic (exact) mass is 340 g/mol. The normalized spacial score (nSPS) is 10.6. The molecule has 0 aliphatic carbocycles. The average Bonchev–Trinajstić information content (AvgIpc) is 2.56. The lowest BCUT2D eigenvalue weighted by atomic mass is 10.1. The number of nitrogens with zero attached hydrogens (tertiary/aromatic N) is 4. The number of anilines is 2. The number of carboxylic acid groups (broad SMARTS) is 1. The zero-order valence-corrected chi connectivity index (χ0v) is 13.6. The largest absolute Gasteiger partial charge is 0.476 e. The highest BCUT2D eigenvalue weighted by Gasteiger charge is 2.13. The Morgan fingerprint density at radius 3 is 2.80 bits per heavy atom. The summed E-state index contributed by atoms with van der Waals surface area (Å²) in [6.45, 7) is 4.05. The third-order valence-electron chi connectivity index (χ3n) is 3.44. The molecule has 0 aliphatic rings. The van der Waals surface area contributed by atoms with Crippen LogP contribution in [0, 0.1) is 6.92 Å². The second-order valence-electron chi connectivity index (χ2n) is 5.21. The third-order valence-corrected chi connectivity index (χ3v) is 3.44. The standard InChI is InChI=1S/C16H16N6O3/c1-3-25-14-12-13(21-15(17)22-14)18-7-11(19-12)9-4-5-10(8(2)6-9)20-16(23)24/h4-7,20H,3H2,1-2H3,(H,23,24)(H2,17,18,21,22). The fourth-order valence-electron chi connectivity index (χ4n) is 2.35. The first-order valence-electron chi connectivity index (χ1n) is 7.52. The van der Waals surface area contributed by atoms with Crippen molar-refractivity contribution < 1.29 is 14.6 Å². The lowest BCUT2D eigenvalue weighted by Crippen LogP contribution is -2.08. The van der Waals surface area contributed by atoms with E-state index < -0.39 is 6.09 Å². The fraction of sp³-hybridized carbons (Fsp3) is 0.188. The van der Waals surface area contributed by atoms with Gasteiger partial charge in [-0.05, 0) is 31.5 Å². The molecule has 1 amide bonds. The molecule has 25 heavy (non-hydrogen) atoms. The maximum absolute atomic E-state index is 10.8. The van der Waals surface area contributed by atoms with E-state index in [0.29, 0.717) is 29.2 Å². The van der Waals surface area contributed by atoms with Crippen LogP contribution >= 0.6 is 0 Å². The van der Waals surface area contributed by atoms with E-state index in [9.17, 15) is 4.79 Å². The van der Waals surface area contributed by atoms with Crippen molar-refractivity contribution in [1.29, 1.82) is 0 Å². The number of nitrogens with two attached hydrogens (primary N) is 1. The minimum atomic E-state index is -1.11. The fourth-order valence-corrected chi connectivity index (χ4v) is 2.35. The predicted molar refractivity (Wildman–Crippen MR) is 92.5 cm³/mol. The molecule has 0 unspecified atom stereocenters. The van der Waals surface area contributed by atoms with Gasteiger partial charge in [-0.15, -0.1) is 0 Å². The maximum atomic E-state index is 10.8. The van der Waals surface area contributed by atoms with E-state index in [0.717, 1.165) is 11.1 Å². The highest BCUT2D eigenvalue weighted by Crippen LogP contribution is 2.26. The van der Waals surface area contributed by atoms with Gasteiger partial charge in [-0.1, -0.05) is 6.07 Å². The summed E-state index contributed by atoms with van der Waals surface area (Å²) in [7, 11) is 0. The van der Waals surface area contributed by atoms with Crippen LogP contribution in [-0.2, 0) is 0 Å². The summed E-state index contributed by atoms with van der Waals surface area (Å²) in [4.78, 5) is 27.7. The van der Waals surface area contributed by atoms with Gasteiger partial charge in [-0.3, -0.25) is 5.32 Å². The van der Waals surface area contributed by atoms with E-state index in [1.807, 2.05) is 13.0 Å². The maximum Gasteiger partial charge on any atom is 0.409 e. The topological polar surface area (TPSA) is 136 Å². The first kappa shape index (κ1) is 16.4. The van der Waals surface area contributed by atoms with Crippen molar-refractivity contribution in [3.63, 3.8) is 0 Å². The van der Waals surface area contributed by atoms with E-state index in [-0.39, 0.29) is 11.8 Å². The van der Waals surface area contributed by atoms with Crippen LogP contribution < -0.4 is 15.8 Å². The summed E-state index contributed by atoms with van der Waals surface area (Å²) in [6, 6.07) is 5.25. The van der Waals surface area contributed by atoms with Gasteiger partial charge in [0.2, 0.25) is 11.8 Å². The summed E-state index contributed by atoms with van der Waals surface area (Å²) in [6.07, 6.45) is 0.460. The van der Waals surface area contributed by atoms with Gasteiger partial charge in [-0.2, -0.15) is 9.97 Å². The summed E-state index contributed by atoms with van der Waals surface area (Å²) >= 11 is 0. The molecular formula is C16H16N6O3. The molecule has 9 nitrogen and oxygen atoms in total. The summed E-state index contributed by atoms with van der Waals surface area (Å²) in [5, 5.41) is 11.2. The van der Waals surface area contributed by atoms with Crippen LogP contribution in [-0.4, -0.2) is 37.7 Å². The molecule has 0 saturated carbocycles. The van der Waals surface area contributed by atoms with E-state index in [1.54, 1.807) is 25.3 Å². The van der Waals surface area contributed by atoms with Crippen LogP contribution in [0.3, 0.4) is 0 Å². The lowest BCUT2D eigenvalue weighted by Gasteiger charge is -2.09. The van der Waals surface area contributed by atoms with Crippen molar-refractivity contribution >= 4 is 28.9 Å². The molecule has 0 atom stereocenters. The molecule has 0 spiro atoms. The lowest BCUT2D eigenvalue weighted by molar-refractivity contribution is 0.209. The molecular weight excluding hydrogens is 324 g/mol. The van der Waals surface area contributed by atoms with Gasteiger partial charge < -0.3 is 15.6 Å². The first-order valence-corrected chi connectivity index (χ1v) is 7.52. The van der Waals surface area contributed by atoms with Crippen LogP contribution in [0.2, 0.25) is 0 Å². The number of benzene rings is 1. The molecule has 0 bridgehead atoms. The summed E-state index contributed by atoms with van der Waals surface area (Å²) in [5.74, 6) is 0.346. The number of aryl methyl sites for hydroxylation is 1. The summed E-state index contributed by atoms with van der Waals surface area (Å²) in [5.41, 5.74) is 9.06. The van der Waals surface area contributed by atoms with Crippen LogP contribution in [0.15, 0.2) is 24.4 Å². The van der Waals surface area contributed by atoms with Crippen LogP contribution in [0.5, 0.6) is 5.88 Å². The van der Waals surface area contributed by atoms with Crippen LogP contribution in [0.25, 0.3) is 22.4 Å². The van der Waals surface area contributed by atoms with Gasteiger partial charge in [0, 0.05) is 11.3 Å². The minimum absolute atomic E-state index is 0.0675. The molecule has 0 radical (unpaired) electrons. The van der Waals surface area contributed by atoms with Gasteiger partial charge in [0.1, 0.15) is 0 Å². The van der Waals surface area contributed by atoms with Crippen LogP contribution in [0.1, 0.15) is 12.5 Å². The van der Waals surface area contributed by atoms with E-state index in [4.69, 9.17) is 15.6 Å². The Hall–Kier alpha value is -3.49. The third kappa shape index (κ3) is 3.39. The molecule has 3 rings (SSSR count).